The molecule has 1 aliphatic rings. The number of carbonyl (C=O) groups excluding carboxylic acids is 3. The average Bonchev–Trinajstić information content (AvgIpc) is 3.53. The minimum atomic E-state index is -1.93. The zero-order valence-corrected chi connectivity index (χ0v) is 50.0. The Bertz CT molecular complexity index is 1960. The van der Waals surface area contributed by atoms with E-state index in [-0.39, 0.29) is 25.9 Å². The minimum absolute atomic E-state index is 0.0244. The van der Waals surface area contributed by atoms with E-state index in [0.29, 0.717) is 19.3 Å². The zero-order chi connectivity index (χ0) is 58.9. The summed E-state index contributed by atoms with van der Waals surface area (Å²) in [4.78, 5) is 51.2. The van der Waals surface area contributed by atoms with Gasteiger partial charge in [-0.25, -0.2) is 4.79 Å². The molecule has 0 aromatic carbocycles. The third-order valence-electron chi connectivity index (χ3n) is 12.9. The highest BCUT2D eigenvalue weighted by molar-refractivity contribution is 5.74. The number of aliphatic carboxylic acids is 1. The van der Waals surface area contributed by atoms with Gasteiger partial charge in [0.25, 0.3) is 0 Å². The first kappa shape index (κ1) is 73.6. The lowest BCUT2D eigenvalue weighted by atomic mass is 9.98. The fourth-order valence-electron chi connectivity index (χ4n) is 8.30. The third-order valence-corrected chi connectivity index (χ3v) is 12.9. The number of hydrogen-bond donors (Lipinski definition) is 3. The number of hydrogen-bond acceptors (Lipinski definition) is 11. The molecular formula is C69H106O12. The van der Waals surface area contributed by atoms with Crippen LogP contribution in [0.3, 0.4) is 0 Å². The number of carbonyl (C=O) groups is 4. The number of aliphatic hydroxyl groups is 2. The molecule has 1 saturated heterocycles. The lowest BCUT2D eigenvalue weighted by Crippen LogP contribution is -2.61. The molecule has 0 aromatic heterocycles. The van der Waals surface area contributed by atoms with Crippen molar-refractivity contribution in [2.75, 3.05) is 13.2 Å². The summed E-state index contributed by atoms with van der Waals surface area (Å²) in [7, 11) is 0. The van der Waals surface area contributed by atoms with Crippen LogP contribution in [-0.4, -0.2) is 89.2 Å². The normalized spacial score (nSPS) is 18.8. The largest absolute Gasteiger partial charge is 0.479 e. The second kappa shape index (κ2) is 55.2. The van der Waals surface area contributed by atoms with Gasteiger partial charge in [0, 0.05) is 19.3 Å². The molecule has 0 spiro atoms. The maximum absolute atomic E-state index is 13.2. The second-order valence-electron chi connectivity index (χ2n) is 20.2. The van der Waals surface area contributed by atoms with Crippen LogP contribution in [0.15, 0.2) is 146 Å². The van der Waals surface area contributed by atoms with Gasteiger partial charge in [-0.3, -0.25) is 14.4 Å². The van der Waals surface area contributed by atoms with Crippen LogP contribution in [0, 0.1) is 0 Å². The fraction of sp³-hybridized carbons (Fsp3) is 0.594. The molecule has 1 heterocycles. The highest BCUT2D eigenvalue weighted by Crippen LogP contribution is 2.26. The molecule has 12 nitrogen and oxygen atoms in total. The molecular weight excluding hydrogens is 1020 g/mol. The summed E-state index contributed by atoms with van der Waals surface area (Å²) < 4.78 is 28.4. The van der Waals surface area contributed by atoms with Crippen LogP contribution < -0.4 is 0 Å². The lowest BCUT2D eigenvalue weighted by Gasteiger charge is -2.40. The van der Waals surface area contributed by atoms with Crippen molar-refractivity contribution < 1.29 is 58.2 Å². The molecule has 12 heteroatoms. The van der Waals surface area contributed by atoms with E-state index in [2.05, 4.69) is 154 Å². The Morgan fingerprint density at radius 1 is 0.407 bits per heavy atom. The number of rotatable bonds is 50. The van der Waals surface area contributed by atoms with Crippen LogP contribution in [0.25, 0.3) is 0 Å². The number of ether oxygens (including phenoxy) is 5. The summed E-state index contributed by atoms with van der Waals surface area (Å²) in [5.74, 6) is -3.29. The summed E-state index contributed by atoms with van der Waals surface area (Å²) in [6.07, 6.45) is 66.8. The summed E-state index contributed by atoms with van der Waals surface area (Å²) in [6.45, 7) is 5.57. The Kier molecular flexibility index (Phi) is 50.1. The van der Waals surface area contributed by atoms with E-state index in [1.54, 1.807) is 0 Å². The number of unbranched alkanes of at least 4 members (excludes halogenated alkanes) is 12. The molecule has 6 atom stereocenters. The van der Waals surface area contributed by atoms with E-state index in [1.807, 2.05) is 12.2 Å². The predicted octanol–water partition coefficient (Wildman–Crippen LogP) is 16.3. The molecule has 0 aliphatic carbocycles. The Balaban J connectivity index is 2.75. The van der Waals surface area contributed by atoms with Gasteiger partial charge in [-0.2, -0.15) is 0 Å². The van der Waals surface area contributed by atoms with Gasteiger partial charge in [-0.1, -0.05) is 218 Å². The summed E-state index contributed by atoms with van der Waals surface area (Å²) in [5.41, 5.74) is 0. The SMILES string of the molecule is CC/C=C\C/C=C\C/C=C\C/C=C\C/C=C\C/C=C\CCC(=O)OCC(COC1OC(C(=O)O)C(O)C(O)C1OC(=O)CCCCCCC/C=C\C/C=C\C/C=C\CC)OC(=O)CCCCCCCCC/C=C\C/C=C\C/C=C\CC. The smallest absolute Gasteiger partial charge is 0.335 e. The number of allylic oxidation sites excluding steroid dienone is 24. The van der Waals surface area contributed by atoms with Gasteiger partial charge in [-0.15, -0.1) is 0 Å². The van der Waals surface area contributed by atoms with Gasteiger partial charge in [-0.05, 0) is 122 Å². The Morgan fingerprint density at radius 2 is 0.765 bits per heavy atom. The van der Waals surface area contributed by atoms with E-state index in [0.717, 1.165) is 154 Å². The number of aliphatic hydroxyl groups excluding tert-OH is 2. The van der Waals surface area contributed by atoms with E-state index in [9.17, 15) is 34.5 Å². The molecule has 81 heavy (non-hydrogen) atoms. The van der Waals surface area contributed by atoms with Crippen molar-refractivity contribution in [3.63, 3.8) is 0 Å². The van der Waals surface area contributed by atoms with Crippen LogP contribution in [0.4, 0.5) is 0 Å². The molecule has 0 saturated carbocycles. The van der Waals surface area contributed by atoms with Crippen molar-refractivity contribution in [3.05, 3.63) is 146 Å². The molecule has 454 valence electrons. The summed E-state index contributed by atoms with van der Waals surface area (Å²) in [5, 5.41) is 31.5. The van der Waals surface area contributed by atoms with Gasteiger partial charge >= 0.3 is 23.9 Å². The maximum Gasteiger partial charge on any atom is 0.335 e. The second-order valence-corrected chi connectivity index (χ2v) is 20.2. The van der Waals surface area contributed by atoms with Gasteiger partial charge in [0.1, 0.15) is 18.8 Å². The van der Waals surface area contributed by atoms with Crippen LogP contribution in [0.1, 0.15) is 213 Å². The maximum atomic E-state index is 13.2. The van der Waals surface area contributed by atoms with E-state index >= 15 is 0 Å². The van der Waals surface area contributed by atoms with Crippen molar-refractivity contribution in [2.45, 2.75) is 250 Å². The Labute approximate surface area is 489 Å². The van der Waals surface area contributed by atoms with Crippen molar-refractivity contribution in [2.24, 2.45) is 0 Å². The fourth-order valence-corrected chi connectivity index (χ4v) is 8.30. The summed E-state index contributed by atoms with van der Waals surface area (Å²) >= 11 is 0. The lowest BCUT2D eigenvalue weighted by molar-refractivity contribution is -0.301. The van der Waals surface area contributed by atoms with Crippen molar-refractivity contribution in [1.82, 2.24) is 0 Å². The van der Waals surface area contributed by atoms with Crippen molar-refractivity contribution >= 4 is 23.9 Å². The molecule has 0 amide bonds. The molecule has 0 radical (unpaired) electrons. The van der Waals surface area contributed by atoms with Crippen molar-refractivity contribution in [1.29, 1.82) is 0 Å². The van der Waals surface area contributed by atoms with E-state index in [4.69, 9.17) is 23.7 Å². The topological polar surface area (TPSA) is 175 Å². The van der Waals surface area contributed by atoms with Gasteiger partial charge in [0.15, 0.2) is 24.6 Å². The Morgan fingerprint density at radius 3 is 1.17 bits per heavy atom. The van der Waals surface area contributed by atoms with Gasteiger partial charge in [0.2, 0.25) is 0 Å². The third kappa shape index (κ3) is 44.9. The van der Waals surface area contributed by atoms with Crippen LogP contribution >= 0.6 is 0 Å². The number of esters is 3. The molecule has 3 N–H and O–H groups in total. The van der Waals surface area contributed by atoms with Crippen LogP contribution in [0.2, 0.25) is 0 Å². The highest BCUT2D eigenvalue weighted by Gasteiger charge is 2.50. The first-order valence-corrected chi connectivity index (χ1v) is 30.8. The number of carboxylic acid groups (broad SMARTS) is 1. The van der Waals surface area contributed by atoms with Gasteiger partial charge in [0.05, 0.1) is 6.61 Å². The molecule has 0 aromatic rings. The first-order chi connectivity index (χ1) is 39.6. The Hall–Kier alpha value is -5.40. The van der Waals surface area contributed by atoms with E-state index < -0.39 is 67.3 Å². The zero-order valence-electron chi connectivity index (χ0n) is 50.0. The first-order valence-electron chi connectivity index (χ1n) is 30.8. The van der Waals surface area contributed by atoms with Crippen LogP contribution in [0.5, 0.6) is 0 Å². The average molecular weight is 1130 g/mol. The molecule has 1 fully saturated rings. The molecule has 6 unspecified atom stereocenters. The molecule has 0 bridgehead atoms. The standard InChI is InChI=1S/C69H106O12/c1-4-7-10-13-16-19-22-25-28-30-31-33-35-37-40-43-46-49-52-55-61(70)77-58-60(79-62(71)56-53-50-47-44-41-39-36-32-29-26-23-20-17-14-11-8-5-2)59-78-69-67(65(74)64(73)66(81-69)68(75)76)80-63(72)57-54-51-48-45-42-38-34-27-24-21-18-15-12-9-6-3/h7-12,16-21,25-29,31,33-34,37,40,46,49,60,64-67,69,73-74H,4-6,13-15,22-24,30,32,35-36,38-39,41-45,47-48,50-59H2,1-3H3,(H,75,76)/b10-7-,11-8-,12-9-,19-16-,20-17-,21-18-,28-25-,29-26-,33-31-,34-27-,40-37-,49-46-. The van der Waals surface area contributed by atoms with E-state index in [1.165, 1.54) is 0 Å². The predicted molar refractivity (Wildman–Crippen MR) is 330 cm³/mol. The minimum Gasteiger partial charge on any atom is -0.479 e. The summed E-state index contributed by atoms with van der Waals surface area (Å²) in [6, 6.07) is 0. The quantitative estimate of drug-likeness (QED) is 0.0228. The van der Waals surface area contributed by atoms with Crippen LogP contribution in [-0.2, 0) is 42.9 Å². The van der Waals surface area contributed by atoms with Gasteiger partial charge < -0.3 is 39.0 Å². The number of carboxylic acids is 1. The molecule has 1 aliphatic heterocycles. The van der Waals surface area contributed by atoms with Crippen molar-refractivity contribution in [3.8, 4) is 0 Å². The molecule has 1 rings (SSSR count). The monoisotopic (exact) mass is 1130 g/mol. The highest BCUT2D eigenvalue weighted by atomic mass is 16.7.